The first-order chi connectivity index (χ1) is 8.11. The van der Waals surface area contributed by atoms with E-state index in [1.807, 2.05) is 13.0 Å². The van der Waals surface area contributed by atoms with Gasteiger partial charge in [0, 0.05) is 6.04 Å². The molecule has 4 heteroatoms. The quantitative estimate of drug-likeness (QED) is 0.781. The van der Waals surface area contributed by atoms with E-state index in [0.29, 0.717) is 16.8 Å². The minimum Gasteiger partial charge on any atom is -0.384 e. The first kappa shape index (κ1) is 12.2. The zero-order valence-corrected chi connectivity index (χ0v) is 10.7. The number of hydrogen-bond acceptors (Lipinski definition) is 3. The number of rotatable bonds is 2. The smallest absolute Gasteiger partial charge is 0.261 e. The summed E-state index contributed by atoms with van der Waals surface area (Å²) in [7, 11) is 0. The average Bonchev–Trinajstić information content (AvgIpc) is 2.85. The summed E-state index contributed by atoms with van der Waals surface area (Å²) in [5.74, 6) is 6.05. The lowest BCUT2D eigenvalue weighted by molar-refractivity contribution is 0.0953. The zero-order chi connectivity index (χ0) is 12.4. The first-order valence-electron chi connectivity index (χ1n) is 5.63. The summed E-state index contributed by atoms with van der Waals surface area (Å²) in [5, 5.41) is 11.6. The molecule has 3 nitrogen and oxygen atoms in total. The summed E-state index contributed by atoms with van der Waals surface area (Å²) in [6, 6.07) is 2.20. The van der Waals surface area contributed by atoms with Crippen LogP contribution in [0.4, 0.5) is 0 Å². The third-order valence-electron chi connectivity index (χ3n) is 2.85. The Labute approximate surface area is 105 Å². The maximum atomic E-state index is 11.9. The van der Waals surface area contributed by atoms with Crippen LogP contribution in [0, 0.1) is 24.7 Å². The van der Waals surface area contributed by atoms with Crippen LogP contribution in [-0.2, 0) is 0 Å². The van der Waals surface area contributed by atoms with Crippen LogP contribution in [0.1, 0.15) is 33.5 Å². The lowest BCUT2D eigenvalue weighted by atomic mass is 10.2. The normalized spacial score (nSPS) is 21.6. The molecule has 0 aliphatic heterocycles. The van der Waals surface area contributed by atoms with Crippen molar-refractivity contribution in [3.05, 3.63) is 21.4 Å². The predicted molar refractivity (Wildman–Crippen MR) is 68.1 cm³/mol. The van der Waals surface area contributed by atoms with Crippen molar-refractivity contribution in [2.45, 2.75) is 26.3 Å². The second-order valence-corrected chi connectivity index (χ2v) is 5.43. The van der Waals surface area contributed by atoms with Gasteiger partial charge in [-0.3, -0.25) is 4.79 Å². The number of aliphatic hydroxyl groups excluding tert-OH is 1. The fraction of sp³-hybridized carbons (Fsp3) is 0.462. The second kappa shape index (κ2) is 4.91. The van der Waals surface area contributed by atoms with Crippen LogP contribution in [0.25, 0.3) is 0 Å². The molecule has 1 aliphatic carbocycles. The maximum Gasteiger partial charge on any atom is 0.261 e. The molecule has 0 spiro atoms. The lowest BCUT2D eigenvalue weighted by Gasteiger charge is -1.99. The van der Waals surface area contributed by atoms with E-state index in [0.717, 1.165) is 16.9 Å². The monoisotopic (exact) mass is 249 g/mol. The molecule has 2 unspecified atom stereocenters. The standard InChI is InChI=1S/C13H15NO2S/c1-8-6-10(8)14-13(16)12-7-9(2)11(17-12)4-3-5-15/h7-8,10,15H,5-6H2,1-2H3,(H,14,16). The third kappa shape index (κ3) is 2.87. The fourth-order valence-electron chi connectivity index (χ4n) is 1.60. The Balaban J connectivity index is 2.08. The van der Waals surface area contributed by atoms with Crippen LogP contribution < -0.4 is 5.32 Å². The van der Waals surface area contributed by atoms with Gasteiger partial charge in [-0.15, -0.1) is 11.3 Å². The van der Waals surface area contributed by atoms with Crippen molar-refractivity contribution in [3.63, 3.8) is 0 Å². The van der Waals surface area contributed by atoms with E-state index in [-0.39, 0.29) is 12.5 Å². The Hall–Kier alpha value is -1.31. The third-order valence-corrected chi connectivity index (χ3v) is 4.00. The number of aryl methyl sites for hydroxylation is 1. The summed E-state index contributed by atoms with van der Waals surface area (Å²) in [6.07, 6.45) is 1.08. The summed E-state index contributed by atoms with van der Waals surface area (Å²) < 4.78 is 0. The van der Waals surface area contributed by atoms with Gasteiger partial charge < -0.3 is 10.4 Å². The summed E-state index contributed by atoms with van der Waals surface area (Å²) in [4.78, 5) is 13.4. The van der Waals surface area contributed by atoms with Crippen LogP contribution in [-0.4, -0.2) is 23.7 Å². The number of nitrogens with one attached hydrogen (secondary N) is 1. The first-order valence-corrected chi connectivity index (χ1v) is 6.44. The maximum absolute atomic E-state index is 11.9. The number of carbonyl (C=O) groups is 1. The lowest BCUT2D eigenvalue weighted by Crippen LogP contribution is -2.25. The van der Waals surface area contributed by atoms with Gasteiger partial charge in [0.1, 0.15) is 6.61 Å². The Morgan fingerprint density at radius 3 is 3.00 bits per heavy atom. The van der Waals surface area contributed by atoms with Gasteiger partial charge in [-0.2, -0.15) is 0 Å². The molecule has 1 aliphatic rings. The molecule has 1 amide bonds. The second-order valence-electron chi connectivity index (χ2n) is 4.38. The number of aliphatic hydroxyl groups is 1. The summed E-state index contributed by atoms with van der Waals surface area (Å²) >= 11 is 1.38. The highest BCUT2D eigenvalue weighted by molar-refractivity contribution is 7.14. The molecule has 2 rings (SSSR count). The van der Waals surface area contributed by atoms with Crippen molar-refractivity contribution in [2.24, 2.45) is 5.92 Å². The largest absolute Gasteiger partial charge is 0.384 e. The molecule has 1 heterocycles. The Morgan fingerprint density at radius 2 is 2.41 bits per heavy atom. The van der Waals surface area contributed by atoms with Crippen molar-refractivity contribution in [1.82, 2.24) is 5.32 Å². The molecule has 0 radical (unpaired) electrons. The van der Waals surface area contributed by atoms with E-state index >= 15 is 0 Å². The molecule has 0 bridgehead atoms. The predicted octanol–water partition coefficient (Wildman–Crippen LogP) is 1.54. The van der Waals surface area contributed by atoms with Crippen LogP contribution in [0.2, 0.25) is 0 Å². The number of carbonyl (C=O) groups excluding carboxylic acids is 1. The van der Waals surface area contributed by atoms with E-state index in [2.05, 4.69) is 24.1 Å². The van der Waals surface area contributed by atoms with Gasteiger partial charge in [0.2, 0.25) is 0 Å². The van der Waals surface area contributed by atoms with Crippen LogP contribution in [0.5, 0.6) is 0 Å². The SMILES string of the molecule is Cc1cc(C(=O)NC2CC2C)sc1C#CCO. The highest BCUT2D eigenvalue weighted by Gasteiger charge is 2.34. The van der Waals surface area contributed by atoms with Crippen molar-refractivity contribution in [1.29, 1.82) is 0 Å². The highest BCUT2D eigenvalue weighted by atomic mass is 32.1. The fourth-order valence-corrected chi connectivity index (χ4v) is 2.55. The number of hydrogen-bond donors (Lipinski definition) is 2. The van der Waals surface area contributed by atoms with E-state index < -0.39 is 0 Å². The summed E-state index contributed by atoms with van der Waals surface area (Å²) in [6.45, 7) is 3.90. The molecule has 0 saturated heterocycles. The molecular weight excluding hydrogens is 234 g/mol. The molecule has 2 atom stereocenters. The topological polar surface area (TPSA) is 49.3 Å². The van der Waals surface area contributed by atoms with Gasteiger partial charge in [0.15, 0.2) is 0 Å². The van der Waals surface area contributed by atoms with E-state index in [4.69, 9.17) is 5.11 Å². The number of amides is 1. The van der Waals surface area contributed by atoms with Gasteiger partial charge in [-0.25, -0.2) is 0 Å². The van der Waals surface area contributed by atoms with Crippen molar-refractivity contribution < 1.29 is 9.90 Å². The minimum atomic E-state index is -0.154. The molecule has 1 saturated carbocycles. The van der Waals surface area contributed by atoms with Gasteiger partial charge in [0.05, 0.1) is 9.75 Å². The van der Waals surface area contributed by atoms with E-state index in [9.17, 15) is 4.79 Å². The molecule has 1 aromatic rings. The van der Waals surface area contributed by atoms with Gasteiger partial charge in [0.25, 0.3) is 5.91 Å². The van der Waals surface area contributed by atoms with Crippen LogP contribution in [0.15, 0.2) is 6.07 Å². The number of thiophene rings is 1. The molecule has 0 aromatic carbocycles. The highest BCUT2D eigenvalue weighted by Crippen LogP contribution is 2.30. The Morgan fingerprint density at radius 1 is 1.71 bits per heavy atom. The van der Waals surface area contributed by atoms with Gasteiger partial charge in [-0.05, 0) is 30.9 Å². The molecule has 17 heavy (non-hydrogen) atoms. The summed E-state index contributed by atoms with van der Waals surface area (Å²) in [5.41, 5.74) is 0.991. The molecule has 90 valence electrons. The van der Waals surface area contributed by atoms with Crippen molar-refractivity contribution in [2.75, 3.05) is 6.61 Å². The zero-order valence-electron chi connectivity index (χ0n) is 9.91. The van der Waals surface area contributed by atoms with E-state index in [1.54, 1.807) is 0 Å². The molecule has 1 fully saturated rings. The van der Waals surface area contributed by atoms with Gasteiger partial charge in [-0.1, -0.05) is 18.8 Å². The van der Waals surface area contributed by atoms with Gasteiger partial charge >= 0.3 is 0 Å². The van der Waals surface area contributed by atoms with Crippen molar-refractivity contribution >= 4 is 17.2 Å². The van der Waals surface area contributed by atoms with E-state index in [1.165, 1.54) is 11.3 Å². The molecular formula is C13H15NO2S. The van der Waals surface area contributed by atoms with Crippen LogP contribution in [0.3, 0.4) is 0 Å². The van der Waals surface area contributed by atoms with Crippen LogP contribution >= 0.6 is 11.3 Å². The Kier molecular flexibility index (Phi) is 3.51. The average molecular weight is 249 g/mol. The molecule has 1 aromatic heterocycles. The van der Waals surface area contributed by atoms with Crippen molar-refractivity contribution in [3.8, 4) is 11.8 Å². The minimum absolute atomic E-state index is 0.00972. The molecule has 2 N–H and O–H groups in total. The Bertz CT molecular complexity index is 495.